The average Bonchev–Trinajstić information content (AvgIpc) is 3.42. The summed E-state index contributed by atoms with van der Waals surface area (Å²) in [5.41, 5.74) is 5.86. The van der Waals surface area contributed by atoms with Gasteiger partial charge in [0, 0.05) is 79.9 Å². The second kappa shape index (κ2) is 14.8. The third-order valence-electron chi connectivity index (χ3n) is 9.67. The molecule has 0 unspecified atom stereocenters. The minimum Gasteiger partial charge on any atom is -0.508 e. The van der Waals surface area contributed by atoms with E-state index in [0.717, 1.165) is 25.1 Å². The molecule has 258 valence electrons. The highest BCUT2D eigenvalue weighted by Gasteiger charge is 2.34. The standard InChI is InChI=1S/C39H38FN5O4.ClH/c1-26-35(39(48)45(31-13-15-41-16-14-31)30-8-10-33(46)11-9-30)23-37(42(26)2)36-22-29(40)7-12-34(36)38(47)44-24-28-6-4-3-5-27(28)21-32(44)25-43-17-19-49-20-18-43;/h3-16,22-23,32,46H,17-21,24-25H2,1-2H3;1H/t32-;/m0./s1. The van der Waals surface area contributed by atoms with Crippen molar-refractivity contribution in [1.29, 1.82) is 0 Å². The van der Waals surface area contributed by atoms with E-state index >= 15 is 4.39 Å². The zero-order valence-corrected chi connectivity index (χ0v) is 28.8. The number of ether oxygens (including phenoxy) is 1. The van der Waals surface area contributed by atoms with E-state index in [9.17, 15) is 14.7 Å². The Bertz CT molecular complexity index is 2000. The van der Waals surface area contributed by atoms with Crippen molar-refractivity contribution in [2.24, 2.45) is 7.05 Å². The van der Waals surface area contributed by atoms with Crippen molar-refractivity contribution in [3.63, 3.8) is 0 Å². The number of fused-ring (bicyclic) bond motifs is 1. The lowest BCUT2D eigenvalue weighted by Gasteiger charge is -2.40. The van der Waals surface area contributed by atoms with E-state index in [2.05, 4.69) is 22.0 Å². The van der Waals surface area contributed by atoms with Crippen LogP contribution in [-0.2, 0) is 24.8 Å². The molecule has 2 aliphatic heterocycles. The molecule has 50 heavy (non-hydrogen) atoms. The number of halogens is 2. The number of morpholine rings is 1. The Morgan fingerprint density at radius 2 is 1.60 bits per heavy atom. The van der Waals surface area contributed by atoms with Gasteiger partial charge in [-0.15, -0.1) is 12.4 Å². The van der Waals surface area contributed by atoms with Gasteiger partial charge in [0.15, 0.2) is 0 Å². The summed E-state index contributed by atoms with van der Waals surface area (Å²) >= 11 is 0. The first-order valence-electron chi connectivity index (χ1n) is 16.5. The fourth-order valence-corrected chi connectivity index (χ4v) is 6.91. The predicted octanol–water partition coefficient (Wildman–Crippen LogP) is 6.54. The van der Waals surface area contributed by atoms with Crippen molar-refractivity contribution in [1.82, 2.24) is 19.4 Å². The molecule has 0 bridgehead atoms. The highest BCUT2D eigenvalue weighted by Crippen LogP contribution is 2.35. The number of hydrogen-bond donors (Lipinski definition) is 1. The summed E-state index contributed by atoms with van der Waals surface area (Å²) in [5, 5.41) is 9.92. The summed E-state index contributed by atoms with van der Waals surface area (Å²) in [6, 6.07) is 24.0. The van der Waals surface area contributed by atoms with Gasteiger partial charge in [0.05, 0.1) is 24.5 Å². The van der Waals surface area contributed by atoms with Gasteiger partial charge in [0.2, 0.25) is 0 Å². The number of nitrogens with zero attached hydrogens (tertiary/aromatic N) is 5. The Morgan fingerprint density at radius 1 is 0.920 bits per heavy atom. The minimum atomic E-state index is -0.477. The van der Waals surface area contributed by atoms with Crippen molar-refractivity contribution in [3.8, 4) is 17.0 Å². The number of rotatable bonds is 7. The monoisotopic (exact) mass is 695 g/mol. The van der Waals surface area contributed by atoms with Crippen molar-refractivity contribution in [2.45, 2.75) is 25.9 Å². The largest absolute Gasteiger partial charge is 0.508 e. The first-order chi connectivity index (χ1) is 23.8. The Hall–Kier alpha value is -5.03. The summed E-state index contributed by atoms with van der Waals surface area (Å²) < 4.78 is 22.5. The van der Waals surface area contributed by atoms with Gasteiger partial charge >= 0.3 is 0 Å². The van der Waals surface area contributed by atoms with E-state index in [-0.39, 0.29) is 36.0 Å². The van der Waals surface area contributed by atoms with Crippen LogP contribution in [0.25, 0.3) is 11.3 Å². The first kappa shape index (κ1) is 34.8. The number of amides is 2. The third kappa shape index (κ3) is 6.87. The molecule has 0 spiro atoms. The topological polar surface area (TPSA) is 91.1 Å². The van der Waals surface area contributed by atoms with Crippen LogP contribution < -0.4 is 4.90 Å². The molecule has 2 aliphatic rings. The van der Waals surface area contributed by atoms with E-state index in [1.807, 2.05) is 35.6 Å². The van der Waals surface area contributed by atoms with E-state index < -0.39 is 5.82 Å². The molecule has 11 heteroatoms. The molecule has 3 aromatic carbocycles. The Kier molecular flexibility index (Phi) is 10.3. The van der Waals surface area contributed by atoms with E-state index in [1.54, 1.807) is 53.7 Å². The van der Waals surface area contributed by atoms with E-state index in [4.69, 9.17) is 4.74 Å². The molecule has 9 nitrogen and oxygen atoms in total. The number of benzene rings is 3. The van der Waals surface area contributed by atoms with Crippen LogP contribution in [0.3, 0.4) is 0 Å². The predicted molar refractivity (Wildman–Crippen MR) is 193 cm³/mol. The van der Waals surface area contributed by atoms with Crippen LogP contribution in [0.1, 0.15) is 37.5 Å². The van der Waals surface area contributed by atoms with E-state index in [1.165, 1.54) is 29.8 Å². The van der Waals surface area contributed by atoms with E-state index in [0.29, 0.717) is 65.8 Å². The Balaban J connectivity index is 0.00000432. The molecule has 1 N–H and O–H groups in total. The average molecular weight is 696 g/mol. The van der Waals surface area contributed by atoms with Crippen LogP contribution in [0.5, 0.6) is 5.75 Å². The Labute approximate surface area is 296 Å². The van der Waals surface area contributed by atoms with Crippen molar-refractivity contribution in [2.75, 3.05) is 37.7 Å². The molecular formula is C39H39ClFN5O4. The molecule has 7 rings (SSSR count). The summed E-state index contributed by atoms with van der Waals surface area (Å²) in [4.78, 5) is 39.0. The molecule has 0 aliphatic carbocycles. The number of aromatic nitrogens is 2. The number of carbonyl (C=O) groups is 2. The number of phenolic OH excluding ortho intramolecular Hbond substituents is 1. The maximum absolute atomic E-state index is 15.1. The molecule has 0 radical (unpaired) electrons. The maximum atomic E-state index is 15.1. The van der Waals surface area contributed by atoms with Gasteiger partial charge in [0.1, 0.15) is 11.6 Å². The second-order valence-corrected chi connectivity index (χ2v) is 12.6. The lowest BCUT2D eigenvalue weighted by atomic mass is 9.92. The van der Waals surface area contributed by atoms with Gasteiger partial charge in [-0.05, 0) is 85.1 Å². The quantitative estimate of drug-likeness (QED) is 0.208. The number of phenols is 1. The summed E-state index contributed by atoms with van der Waals surface area (Å²) in [5.74, 6) is -0.901. The van der Waals surface area contributed by atoms with Gasteiger partial charge in [0.25, 0.3) is 11.8 Å². The minimum absolute atomic E-state index is 0. The summed E-state index contributed by atoms with van der Waals surface area (Å²) in [6.07, 6.45) is 3.93. The highest BCUT2D eigenvalue weighted by atomic mass is 35.5. The Morgan fingerprint density at radius 3 is 2.32 bits per heavy atom. The van der Waals surface area contributed by atoms with Crippen LogP contribution in [0.4, 0.5) is 15.8 Å². The third-order valence-corrected chi connectivity index (χ3v) is 9.67. The van der Waals surface area contributed by atoms with Crippen LogP contribution in [0.15, 0.2) is 97.3 Å². The molecular weight excluding hydrogens is 657 g/mol. The van der Waals surface area contributed by atoms with Crippen LogP contribution in [0, 0.1) is 12.7 Å². The number of aromatic hydroxyl groups is 1. The molecule has 2 aromatic heterocycles. The lowest BCUT2D eigenvalue weighted by Crippen LogP contribution is -2.52. The number of carbonyl (C=O) groups excluding carboxylic acids is 2. The number of pyridine rings is 1. The summed E-state index contributed by atoms with van der Waals surface area (Å²) in [7, 11) is 1.82. The van der Waals surface area contributed by atoms with Crippen LogP contribution in [-0.4, -0.2) is 75.2 Å². The summed E-state index contributed by atoms with van der Waals surface area (Å²) in [6.45, 7) is 5.94. The second-order valence-electron chi connectivity index (χ2n) is 12.6. The number of anilines is 2. The van der Waals surface area contributed by atoms with Gasteiger partial charge in [-0.1, -0.05) is 24.3 Å². The van der Waals surface area contributed by atoms with Crippen molar-refractivity contribution >= 4 is 35.6 Å². The molecule has 5 aromatic rings. The first-order valence-corrected chi connectivity index (χ1v) is 16.5. The molecule has 4 heterocycles. The number of hydrogen-bond acceptors (Lipinski definition) is 6. The maximum Gasteiger partial charge on any atom is 0.264 e. The van der Waals surface area contributed by atoms with Gasteiger partial charge in [-0.3, -0.25) is 24.4 Å². The SMILES string of the molecule is Cc1c(C(=O)N(c2ccncc2)c2ccc(O)cc2)cc(-c2cc(F)ccc2C(=O)N2Cc3ccccc3C[C@H]2CN2CCOCC2)n1C.Cl. The van der Waals surface area contributed by atoms with Gasteiger partial charge in [-0.2, -0.15) is 0 Å². The van der Waals surface area contributed by atoms with Crippen molar-refractivity contribution in [3.05, 3.63) is 131 Å². The van der Waals surface area contributed by atoms with Gasteiger partial charge < -0.3 is 19.3 Å². The smallest absolute Gasteiger partial charge is 0.264 e. The zero-order valence-electron chi connectivity index (χ0n) is 28.0. The molecule has 1 saturated heterocycles. The van der Waals surface area contributed by atoms with Crippen molar-refractivity contribution < 1.29 is 23.8 Å². The molecule has 1 fully saturated rings. The normalized spacial score (nSPS) is 16.0. The van der Waals surface area contributed by atoms with Gasteiger partial charge in [-0.25, -0.2) is 4.39 Å². The fourth-order valence-electron chi connectivity index (χ4n) is 6.91. The lowest BCUT2D eigenvalue weighted by molar-refractivity contribution is 0.0193. The molecule has 0 saturated carbocycles. The zero-order chi connectivity index (χ0) is 34.1. The molecule has 1 atom stereocenters. The highest BCUT2D eigenvalue weighted by molar-refractivity contribution is 6.12. The van der Waals surface area contributed by atoms with Crippen LogP contribution >= 0.6 is 12.4 Å². The fraction of sp³-hybridized carbons (Fsp3) is 0.256. The molecule has 2 amide bonds. The van der Waals surface area contributed by atoms with Crippen LogP contribution in [0.2, 0.25) is 0 Å².